The summed E-state index contributed by atoms with van der Waals surface area (Å²) >= 11 is 14.9. The lowest BCUT2D eigenvalue weighted by Crippen LogP contribution is -2.32. The minimum atomic E-state index is 0.131. The summed E-state index contributed by atoms with van der Waals surface area (Å²) in [6.45, 7) is 2.11. The molecule has 1 atom stereocenters. The summed E-state index contributed by atoms with van der Waals surface area (Å²) in [7, 11) is 1.66. The maximum absolute atomic E-state index is 6.09. The minimum absolute atomic E-state index is 0.131. The van der Waals surface area contributed by atoms with Crippen molar-refractivity contribution in [1.82, 2.24) is 5.32 Å². The lowest BCUT2D eigenvalue weighted by Gasteiger charge is -2.20. The van der Waals surface area contributed by atoms with Crippen molar-refractivity contribution in [2.75, 3.05) is 12.4 Å². The highest BCUT2D eigenvalue weighted by Crippen LogP contribution is 2.26. The van der Waals surface area contributed by atoms with Crippen molar-refractivity contribution >= 4 is 50.5 Å². The molecule has 0 aromatic heterocycles. The topological polar surface area (TPSA) is 33.3 Å². The number of rotatable bonds is 5. The van der Waals surface area contributed by atoms with Crippen LogP contribution in [-0.4, -0.2) is 12.2 Å². The minimum Gasteiger partial charge on any atom is -0.497 e. The normalized spacial score (nSPS) is 11.7. The molecule has 0 amide bonds. The smallest absolute Gasteiger partial charge is 0.171 e. The zero-order chi connectivity index (χ0) is 16.8. The van der Waals surface area contributed by atoms with Gasteiger partial charge in [0.25, 0.3) is 0 Å². The van der Waals surface area contributed by atoms with Crippen LogP contribution in [0.1, 0.15) is 24.9 Å². The summed E-state index contributed by atoms with van der Waals surface area (Å²) in [6, 6.07) is 13.7. The molecular weight excluding hydrogens is 396 g/mol. The van der Waals surface area contributed by atoms with Crippen molar-refractivity contribution in [1.29, 1.82) is 0 Å². The molecule has 2 N–H and O–H groups in total. The van der Waals surface area contributed by atoms with E-state index in [0.717, 1.165) is 27.9 Å². The molecule has 0 radical (unpaired) electrons. The van der Waals surface area contributed by atoms with Gasteiger partial charge in [0.05, 0.1) is 18.2 Å². The van der Waals surface area contributed by atoms with Gasteiger partial charge < -0.3 is 15.4 Å². The molecule has 2 aromatic rings. The third-order valence-corrected chi connectivity index (χ3v) is 4.86. The van der Waals surface area contributed by atoms with Gasteiger partial charge in [0.2, 0.25) is 0 Å². The van der Waals surface area contributed by atoms with Crippen LogP contribution >= 0.6 is 39.7 Å². The molecule has 23 heavy (non-hydrogen) atoms. The molecule has 6 heteroatoms. The molecular formula is C17H18BrClN2OS. The Morgan fingerprint density at radius 3 is 2.52 bits per heavy atom. The van der Waals surface area contributed by atoms with Crippen molar-refractivity contribution in [2.24, 2.45) is 0 Å². The Hall–Kier alpha value is -1.30. The third-order valence-electron chi connectivity index (χ3n) is 3.41. The van der Waals surface area contributed by atoms with E-state index < -0.39 is 0 Å². The molecule has 2 rings (SSSR count). The Labute approximate surface area is 155 Å². The Bertz CT molecular complexity index is 679. The molecule has 2 aromatic carbocycles. The SMILES string of the molecule is CCC(NC(=S)Nc1ccc(Br)c(Cl)c1)c1ccc(OC)cc1. The number of halogens is 2. The van der Waals surface area contributed by atoms with E-state index >= 15 is 0 Å². The molecule has 0 aliphatic rings. The fourth-order valence-electron chi connectivity index (χ4n) is 2.16. The Balaban J connectivity index is 2.02. The van der Waals surface area contributed by atoms with Crippen molar-refractivity contribution in [3.05, 3.63) is 57.5 Å². The summed E-state index contributed by atoms with van der Waals surface area (Å²) in [5.74, 6) is 0.841. The van der Waals surface area contributed by atoms with Crippen LogP contribution in [0, 0.1) is 0 Å². The van der Waals surface area contributed by atoms with Crippen molar-refractivity contribution < 1.29 is 4.74 Å². The van der Waals surface area contributed by atoms with Gasteiger partial charge in [-0.2, -0.15) is 0 Å². The van der Waals surface area contributed by atoms with E-state index in [1.165, 1.54) is 0 Å². The van der Waals surface area contributed by atoms with E-state index in [-0.39, 0.29) is 6.04 Å². The summed E-state index contributed by atoms with van der Waals surface area (Å²) < 4.78 is 6.04. The number of nitrogens with one attached hydrogen (secondary N) is 2. The molecule has 0 spiro atoms. The van der Waals surface area contributed by atoms with E-state index in [1.54, 1.807) is 7.11 Å². The van der Waals surface area contributed by atoms with Gasteiger partial charge in [-0.3, -0.25) is 0 Å². The summed E-state index contributed by atoms with van der Waals surface area (Å²) in [6.07, 6.45) is 0.912. The first-order valence-electron chi connectivity index (χ1n) is 7.20. The summed E-state index contributed by atoms with van der Waals surface area (Å²) in [5.41, 5.74) is 2.01. The van der Waals surface area contributed by atoms with E-state index in [1.807, 2.05) is 42.5 Å². The Morgan fingerprint density at radius 1 is 1.26 bits per heavy atom. The van der Waals surface area contributed by atoms with Crippen molar-refractivity contribution in [3.63, 3.8) is 0 Å². The molecule has 0 saturated heterocycles. The summed E-state index contributed by atoms with van der Waals surface area (Å²) in [5, 5.41) is 7.69. The molecule has 0 aliphatic carbocycles. The predicted molar refractivity (Wildman–Crippen MR) is 105 cm³/mol. The van der Waals surface area contributed by atoms with Crippen LogP contribution in [0.15, 0.2) is 46.9 Å². The van der Waals surface area contributed by atoms with Gasteiger partial charge in [-0.1, -0.05) is 30.7 Å². The molecule has 0 fully saturated rings. The first-order valence-corrected chi connectivity index (χ1v) is 8.78. The van der Waals surface area contributed by atoms with E-state index in [0.29, 0.717) is 10.1 Å². The highest BCUT2D eigenvalue weighted by molar-refractivity contribution is 9.10. The molecule has 0 heterocycles. The molecule has 122 valence electrons. The quantitative estimate of drug-likeness (QED) is 0.630. The average molecular weight is 414 g/mol. The number of hydrogen-bond acceptors (Lipinski definition) is 2. The van der Waals surface area contributed by atoms with Crippen LogP contribution < -0.4 is 15.4 Å². The van der Waals surface area contributed by atoms with E-state index in [9.17, 15) is 0 Å². The van der Waals surface area contributed by atoms with Gasteiger partial charge in [-0.15, -0.1) is 0 Å². The first-order chi connectivity index (χ1) is 11.0. The van der Waals surface area contributed by atoms with Crippen LogP contribution in [0.4, 0.5) is 5.69 Å². The van der Waals surface area contributed by atoms with Crippen LogP contribution in [0.2, 0.25) is 5.02 Å². The standard InChI is InChI=1S/C17H18BrClN2OS/c1-3-16(11-4-7-13(22-2)8-5-11)21-17(23)20-12-6-9-14(18)15(19)10-12/h4-10,16H,3H2,1-2H3,(H2,20,21,23). The summed E-state index contributed by atoms with van der Waals surface area (Å²) in [4.78, 5) is 0. The van der Waals surface area contributed by atoms with Crippen LogP contribution in [0.5, 0.6) is 5.75 Å². The van der Waals surface area contributed by atoms with E-state index in [4.69, 9.17) is 28.6 Å². The van der Waals surface area contributed by atoms with Gasteiger partial charge in [-0.05, 0) is 70.5 Å². The maximum Gasteiger partial charge on any atom is 0.171 e. The maximum atomic E-state index is 6.09. The second-order valence-electron chi connectivity index (χ2n) is 4.96. The molecule has 0 saturated carbocycles. The fraction of sp³-hybridized carbons (Fsp3) is 0.235. The molecule has 1 unspecified atom stereocenters. The first kappa shape index (κ1) is 18.0. The number of anilines is 1. The van der Waals surface area contributed by atoms with E-state index in [2.05, 4.69) is 33.5 Å². The molecule has 0 bridgehead atoms. The largest absolute Gasteiger partial charge is 0.497 e. The van der Waals surface area contributed by atoms with Crippen LogP contribution in [0.25, 0.3) is 0 Å². The lowest BCUT2D eigenvalue weighted by molar-refractivity contribution is 0.414. The van der Waals surface area contributed by atoms with Crippen LogP contribution in [-0.2, 0) is 0 Å². The van der Waals surface area contributed by atoms with Crippen molar-refractivity contribution in [2.45, 2.75) is 19.4 Å². The molecule has 0 aliphatic heterocycles. The number of benzene rings is 2. The Kier molecular flexibility index (Phi) is 6.69. The third kappa shape index (κ3) is 5.09. The highest BCUT2D eigenvalue weighted by atomic mass is 79.9. The fourth-order valence-corrected chi connectivity index (χ4v) is 2.84. The van der Waals surface area contributed by atoms with Gasteiger partial charge >= 0.3 is 0 Å². The Morgan fingerprint density at radius 2 is 1.96 bits per heavy atom. The van der Waals surface area contributed by atoms with Gasteiger partial charge in [0.15, 0.2) is 5.11 Å². The number of methoxy groups -OCH3 is 1. The zero-order valence-electron chi connectivity index (χ0n) is 12.9. The van der Waals surface area contributed by atoms with Gasteiger partial charge in [0.1, 0.15) is 5.75 Å². The number of thiocarbonyl (C=S) groups is 1. The molecule has 3 nitrogen and oxygen atoms in total. The monoisotopic (exact) mass is 412 g/mol. The zero-order valence-corrected chi connectivity index (χ0v) is 16.1. The highest BCUT2D eigenvalue weighted by Gasteiger charge is 2.11. The van der Waals surface area contributed by atoms with Gasteiger partial charge in [0, 0.05) is 10.2 Å². The number of hydrogen-bond donors (Lipinski definition) is 2. The van der Waals surface area contributed by atoms with Crippen molar-refractivity contribution in [3.8, 4) is 5.75 Å². The number of ether oxygens (including phenoxy) is 1. The van der Waals surface area contributed by atoms with Crippen LogP contribution in [0.3, 0.4) is 0 Å². The predicted octanol–water partition coefficient (Wildman–Crippen LogP) is 5.55. The lowest BCUT2D eigenvalue weighted by atomic mass is 10.0. The second kappa shape index (κ2) is 8.52. The average Bonchev–Trinajstić information content (AvgIpc) is 2.56. The second-order valence-corrected chi connectivity index (χ2v) is 6.63. The van der Waals surface area contributed by atoms with Gasteiger partial charge in [-0.25, -0.2) is 0 Å².